The van der Waals surface area contributed by atoms with Crippen LogP contribution in [0, 0.1) is 10.1 Å². The van der Waals surface area contributed by atoms with E-state index in [1.165, 1.54) is 16.4 Å². The highest BCUT2D eigenvalue weighted by Crippen LogP contribution is 2.38. The van der Waals surface area contributed by atoms with E-state index in [0.29, 0.717) is 24.5 Å². The Bertz CT molecular complexity index is 1040. The van der Waals surface area contributed by atoms with Crippen LogP contribution in [0.15, 0.2) is 53.4 Å². The fraction of sp³-hybridized carbons (Fsp3) is 0.455. The normalized spacial score (nSPS) is 21.4. The standard InChI is InChI=1S/C22H27N3O5S/c1-2-24(17-8-4-3-5-9-17)31(28,29)18-12-13-19(21(16-18)25(26)27)23-14-15-30-22-11-7-6-10-20(22)23/h3-5,8-9,12-13,16,20,22H,2,6-7,10-11,14-15H2,1H3/t20-,22-/m1/s1. The van der Waals surface area contributed by atoms with Gasteiger partial charge in [0, 0.05) is 19.2 Å². The molecule has 1 aliphatic heterocycles. The number of nitrogens with zero attached hydrogens (tertiary/aromatic N) is 3. The van der Waals surface area contributed by atoms with Crippen LogP contribution in [0.4, 0.5) is 17.1 Å². The van der Waals surface area contributed by atoms with Crippen LogP contribution in [0.3, 0.4) is 0 Å². The van der Waals surface area contributed by atoms with E-state index in [1.807, 2.05) is 11.0 Å². The highest BCUT2D eigenvalue weighted by atomic mass is 32.2. The maximum Gasteiger partial charge on any atom is 0.293 e. The molecule has 0 aromatic heterocycles. The van der Waals surface area contributed by atoms with E-state index >= 15 is 0 Å². The molecule has 1 heterocycles. The number of para-hydroxylation sites is 1. The van der Waals surface area contributed by atoms with Gasteiger partial charge in [-0.05, 0) is 44.0 Å². The van der Waals surface area contributed by atoms with Gasteiger partial charge in [0.25, 0.3) is 15.7 Å². The van der Waals surface area contributed by atoms with Crippen molar-refractivity contribution in [2.75, 3.05) is 28.9 Å². The SMILES string of the molecule is CCN(c1ccccc1)S(=O)(=O)c1ccc(N2CCO[C@@H]3CCCC[C@H]32)c([N+](=O)[O-])c1. The summed E-state index contributed by atoms with van der Waals surface area (Å²) in [5.74, 6) is 0. The van der Waals surface area contributed by atoms with Crippen molar-refractivity contribution in [3.63, 3.8) is 0 Å². The molecular formula is C22H27N3O5S. The van der Waals surface area contributed by atoms with Crippen LogP contribution in [0.1, 0.15) is 32.6 Å². The van der Waals surface area contributed by atoms with Gasteiger partial charge in [-0.15, -0.1) is 0 Å². The molecule has 0 radical (unpaired) electrons. The van der Waals surface area contributed by atoms with Gasteiger partial charge in [0.15, 0.2) is 0 Å². The number of sulfonamides is 1. The second kappa shape index (κ2) is 8.84. The lowest BCUT2D eigenvalue weighted by Crippen LogP contribution is -2.53. The summed E-state index contributed by atoms with van der Waals surface area (Å²) in [6.45, 7) is 3.02. The fourth-order valence-electron chi connectivity index (χ4n) is 4.66. The van der Waals surface area contributed by atoms with Crippen molar-refractivity contribution in [1.82, 2.24) is 0 Å². The van der Waals surface area contributed by atoms with Crippen molar-refractivity contribution < 1.29 is 18.1 Å². The van der Waals surface area contributed by atoms with Crippen molar-refractivity contribution >= 4 is 27.1 Å². The van der Waals surface area contributed by atoms with Gasteiger partial charge in [-0.1, -0.05) is 31.0 Å². The molecule has 0 bridgehead atoms. The van der Waals surface area contributed by atoms with Crippen molar-refractivity contribution in [2.24, 2.45) is 0 Å². The first kappa shape index (κ1) is 21.6. The van der Waals surface area contributed by atoms with E-state index in [9.17, 15) is 18.5 Å². The van der Waals surface area contributed by atoms with Gasteiger partial charge >= 0.3 is 0 Å². The molecule has 2 aliphatic rings. The first-order chi connectivity index (χ1) is 14.9. The summed E-state index contributed by atoms with van der Waals surface area (Å²) in [4.78, 5) is 13.4. The Labute approximate surface area is 182 Å². The molecule has 2 atom stereocenters. The van der Waals surface area contributed by atoms with Gasteiger partial charge < -0.3 is 9.64 Å². The second-order valence-corrected chi connectivity index (χ2v) is 9.73. The van der Waals surface area contributed by atoms with Gasteiger partial charge in [0.05, 0.1) is 34.3 Å². The minimum Gasteiger partial charge on any atom is -0.374 e. The maximum absolute atomic E-state index is 13.3. The Hall–Kier alpha value is -2.65. The molecule has 166 valence electrons. The molecule has 1 saturated carbocycles. The van der Waals surface area contributed by atoms with E-state index in [0.717, 1.165) is 25.7 Å². The highest BCUT2D eigenvalue weighted by molar-refractivity contribution is 7.92. The molecule has 0 spiro atoms. The summed E-state index contributed by atoms with van der Waals surface area (Å²) in [6.07, 6.45) is 4.09. The molecule has 4 rings (SSSR count). The average Bonchev–Trinajstić information content (AvgIpc) is 2.79. The summed E-state index contributed by atoms with van der Waals surface area (Å²) in [5.41, 5.74) is 0.804. The van der Waals surface area contributed by atoms with Gasteiger partial charge in [0.1, 0.15) is 5.69 Å². The summed E-state index contributed by atoms with van der Waals surface area (Å²) in [7, 11) is -3.95. The smallest absolute Gasteiger partial charge is 0.293 e. The Balaban J connectivity index is 1.73. The minimum atomic E-state index is -3.95. The Kier molecular flexibility index (Phi) is 6.15. The van der Waals surface area contributed by atoms with E-state index in [2.05, 4.69) is 0 Å². The van der Waals surface area contributed by atoms with E-state index < -0.39 is 14.9 Å². The van der Waals surface area contributed by atoms with Crippen LogP contribution in [-0.2, 0) is 14.8 Å². The summed E-state index contributed by atoms with van der Waals surface area (Å²) in [5, 5.41) is 12.0. The maximum atomic E-state index is 13.3. The predicted octanol–water partition coefficient (Wildman–Crippen LogP) is 3.96. The van der Waals surface area contributed by atoms with Gasteiger partial charge in [0.2, 0.25) is 0 Å². The van der Waals surface area contributed by atoms with Gasteiger partial charge in [-0.2, -0.15) is 0 Å². The Morgan fingerprint density at radius 2 is 1.90 bits per heavy atom. The number of hydrogen-bond acceptors (Lipinski definition) is 6. The number of nitro groups is 1. The first-order valence-corrected chi connectivity index (χ1v) is 12.1. The number of fused-ring (bicyclic) bond motifs is 1. The fourth-order valence-corrected chi connectivity index (χ4v) is 6.16. The van der Waals surface area contributed by atoms with Crippen molar-refractivity contribution in [3.8, 4) is 0 Å². The zero-order chi connectivity index (χ0) is 22.0. The molecule has 9 heteroatoms. The van der Waals surface area contributed by atoms with Crippen molar-refractivity contribution in [3.05, 3.63) is 58.6 Å². The largest absolute Gasteiger partial charge is 0.374 e. The molecule has 2 aromatic carbocycles. The quantitative estimate of drug-likeness (QED) is 0.494. The first-order valence-electron chi connectivity index (χ1n) is 10.7. The molecule has 0 amide bonds. The molecule has 8 nitrogen and oxygen atoms in total. The number of benzene rings is 2. The van der Waals surface area contributed by atoms with Crippen LogP contribution >= 0.6 is 0 Å². The van der Waals surface area contributed by atoms with Gasteiger partial charge in [-0.25, -0.2) is 8.42 Å². The zero-order valence-electron chi connectivity index (χ0n) is 17.5. The summed E-state index contributed by atoms with van der Waals surface area (Å²) < 4.78 is 33.8. The molecule has 0 N–H and O–H groups in total. The van der Waals surface area contributed by atoms with E-state index in [-0.39, 0.29) is 29.3 Å². The molecule has 0 unspecified atom stereocenters. The molecule has 2 aromatic rings. The van der Waals surface area contributed by atoms with Gasteiger partial charge in [-0.3, -0.25) is 14.4 Å². The minimum absolute atomic E-state index is 0.0687. The number of rotatable bonds is 6. The predicted molar refractivity (Wildman–Crippen MR) is 119 cm³/mol. The van der Waals surface area contributed by atoms with Crippen molar-refractivity contribution in [2.45, 2.75) is 49.6 Å². The van der Waals surface area contributed by atoms with E-state index in [1.54, 1.807) is 37.3 Å². The second-order valence-electron chi connectivity index (χ2n) is 7.87. The number of anilines is 2. The molecular weight excluding hydrogens is 418 g/mol. The third kappa shape index (κ3) is 4.12. The lowest BCUT2D eigenvalue weighted by Gasteiger charge is -2.44. The zero-order valence-corrected chi connectivity index (χ0v) is 18.3. The van der Waals surface area contributed by atoms with Crippen LogP contribution in [0.2, 0.25) is 0 Å². The van der Waals surface area contributed by atoms with Crippen LogP contribution in [0.5, 0.6) is 0 Å². The van der Waals surface area contributed by atoms with Crippen LogP contribution < -0.4 is 9.21 Å². The topological polar surface area (TPSA) is 93.0 Å². The number of hydrogen-bond donors (Lipinski definition) is 0. The average molecular weight is 446 g/mol. The molecule has 31 heavy (non-hydrogen) atoms. The molecule has 1 saturated heterocycles. The Morgan fingerprint density at radius 3 is 2.61 bits per heavy atom. The lowest BCUT2D eigenvalue weighted by atomic mass is 9.89. The third-order valence-electron chi connectivity index (χ3n) is 6.10. The summed E-state index contributed by atoms with van der Waals surface area (Å²) in [6, 6.07) is 13.1. The third-order valence-corrected chi connectivity index (χ3v) is 8.00. The summed E-state index contributed by atoms with van der Waals surface area (Å²) >= 11 is 0. The number of morpholine rings is 1. The van der Waals surface area contributed by atoms with Crippen LogP contribution in [0.25, 0.3) is 0 Å². The monoisotopic (exact) mass is 445 g/mol. The van der Waals surface area contributed by atoms with Crippen molar-refractivity contribution in [1.29, 1.82) is 0 Å². The molecule has 2 fully saturated rings. The number of ether oxygens (including phenoxy) is 1. The highest BCUT2D eigenvalue weighted by Gasteiger charge is 2.37. The van der Waals surface area contributed by atoms with E-state index in [4.69, 9.17) is 4.74 Å². The number of nitro benzene ring substituents is 1. The lowest BCUT2D eigenvalue weighted by molar-refractivity contribution is -0.384. The van der Waals surface area contributed by atoms with Crippen LogP contribution in [-0.4, -0.2) is 45.2 Å². The molecule has 1 aliphatic carbocycles. The Morgan fingerprint density at radius 1 is 1.16 bits per heavy atom.